The van der Waals surface area contributed by atoms with E-state index in [-0.39, 0.29) is 11.4 Å². The monoisotopic (exact) mass is 455 g/mol. The molecule has 3 heterocycles. The van der Waals surface area contributed by atoms with Crippen LogP contribution < -0.4 is 4.74 Å². The fourth-order valence-corrected chi connectivity index (χ4v) is 4.66. The lowest BCUT2D eigenvalue weighted by atomic mass is 10.1. The highest BCUT2D eigenvalue weighted by Crippen LogP contribution is 2.32. The normalized spacial score (nSPS) is 16.7. The Morgan fingerprint density at radius 1 is 1.09 bits per heavy atom. The molecule has 33 heavy (non-hydrogen) atoms. The maximum atomic E-state index is 12.8. The van der Waals surface area contributed by atoms with Crippen LogP contribution in [0.5, 0.6) is 5.75 Å². The number of thioether (sulfide) groups is 1. The fraction of sp³-hybridized carbons (Fsp3) is 0.120. The molecule has 0 saturated carbocycles. The number of carbonyl (C=O) groups excluding carboxylic acids is 1. The molecule has 0 spiro atoms. The molecule has 5 rings (SSSR count). The average molecular weight is 456 g/mol. The number of carbonyl (C=O) groups is 1. The van der Waals surface area contributed by atoms with Crippen molar-refractivity contribution in [3.63, 3.8) is 0 Å². The maximum Gasteiger partial charge on any atom is 0.283 e. The first-order chi connectivity index (χ1) is 16.0. The minimum absolute atomic E-state index is 0.0144. The molecular formula is C25H21N5O2S. The molecule has 0 bridgehead atoms. The maximum absolute atomic E-state index is 12.8. The van der Waals surface area contributed by atoms with E-state index in [0.717, 1.165) is 33.3 Å². The minimum atomic E-state index is -0.445. The summed E-state index contributed by atoms with van der Waals surface area (Å²) in [5.41, 5.74) is 3.92. The number of hydrazone groups is 1. The van der Waals surface area contributed by atoms with Crippen molar-refractivity contribution in [3.8, 4) is 11.4 Å². The van der Waals surface area contributed by atoms with E-state index in [1.54, 1.807) is 6.08 Å². The molecule has 0 radical (unpaired) electrons. The lowest BCUT2D eigenvalue weighted by Gasteiger charge is -2.20. The van der Waals surface area contributed by atoms with E-state index >= 15 is 0 Å². The van der Waals surface area contributed by atoms with Gasteiger partial charge in [-0.2, -0.15) is 15.1 Å². The van der Waals surface area contributed by atoms with Gasteiger partial charge in [0.1, 0.15) is 10.8 Å². The van der Waals surface area contributed by atoms with Crippen LogP contribution in [0.4, 0.5) is 0 Å². The Morgan fingerprint density at radius 3 is 2.64 bits per heavy atom. The average Bonchev–Trinajstić information content (AvgIpc) is 3.45. The van der Waals surface area contributed by atoms with Gasteiger partial charge in [-0.1, -0.05) is 24.3 Å². The molecule has 0 atom stereocenters. The van der Waals surface area contributed by atoms with Crippen LogP contribution in [-0.2, 0) is 4.79 Å². The van der Waals surface area contributed by atoms with Crippen LogP contribution >= 0.6 is 11.8 Å². The number of hydrogen-bond acceptors (Lipinski definition) is 5. The van der Waals surface area contributed by atoms with Crippen molar-refractivity contribution in [3.05, 3.63) is 89.3 Å². The zero-order chi connectivity index (χ0) is 22.9. The number of rotatable bonds is 5. The smallest absolute Gasteiger partial charge is 0.283 e. The highest BCUT2D eigenvalue weighted by molar-refractivity contribution is 8.27. The van der Waals surface area contributed by atoms with E-state index in [9.17, 15) is 4.79 Å². The van der Waals surface area contributed by atoms with E-state index in [4.69, 9.17) is 10.1 Å². The van der Waals surface area contributed by atoms with Gasteiger partial charge >= 0.3 is 0 Å². The number of aromatic nitrogens is 1. The van der Waals surface area contributed by atoms with E-state index in [0.29, 0.717) is 11.8 Å². The zero-order valence-electron chi connectivity index (χ0n) is 18.1. The number of aryl methyl sites for hydroxylation is 1. The summed E-state index contributed by atoms with van der Waals surface area (Å²) < 4.78 is 7.47. The molecule has 2 aliphatic heterocycles. The summed E-state index contributed by atoms with van der Waals surface area (Å²) in [5.74, 6) is 0.369. The number of nitrogens with zero attached hydrogens (tertiary/aromatic N) is 4. The van der Waals surface area contributed by atoms with Crippen molar-refractivity contribution in [1.82, 2.24) is 9.58 Å². The molecule has 164 valence electrons. The van der Waals surface area contributed by atoms with Crippen LogP contribution in [0.2, 0.25) is 0 Å². The number of amides is 1. The van der Waals surface area contributed by atoms with Crippen LogP contribution in [0.15, 0.2) is 82.5 Å². The van der Waals surface area contributed by atoms with Gasteiger partial charge in [-0.05, 0) is 73.6 Å². The number of aliphatic imine (C=N–C) groups is 1. The minimum Gasteiger partial charge on any atom is -0.494 e. The summed E-state index contributed by atoms with van der Waals surface area (Å²) in [4.78, 5) is 17.0. The van der Waals surface area contributed by atoms with Gasteiger partial charge in [-0.15, -0.1) is 0 Å². The Balaban J connectivity index is 1.47. The number of hydrogen-bond donors (Lipinski definition) is 1. The molecule has 8 heteroatoms. The number of fused-ring (bicyclic) bond motifs is 1. The molecule has 7 nitrogen and oxygen atoms in total. The first-order valence-electron chi connectivity index (χ1n) is 10.5. The Morgan fingerprint density at radius 2 is 1.88 bits per heavy atom. The van der Waals surface area contributed by atoms with Gasteiger partial charge < -0.3 is 9.30 Å². The van der Waals surface area contributed by atoms with Crippen LogP contribution in [0.3, 0.4) is 0 Å². The Bertz CT molecular complexity index is 1350. The van der Waals surface area contributed by atoms with Crippen LogP contribution in [-0.4, -0.2) is 38.1 Å². The highest BCUT2D eigenvalue weighted by atomic mass is 32.2. The summed E-state index contributed by atoms with van der Waals surface area (Å²) in [5, 5.41) is 15.8. The Labute approximate surface area is 195 Å². The summed E-state index contributed by atoms with van der Waals surface area (Å²) in [6.07, 6.45) is 3.60. The molecule has 0 aliphatic carbocycles. The van der Waals surface area contributed by atoms with Gasteiger partial charge in [-0.25, -0.2) is 0 Å². The van der Waals surface area contributed by atoms with Gasteiger partial charge in [0.25, 0.3) is 5.91 Å². The van der Waals surface area contributed by atoms with E-state index in [1.807, 2.05) is 85.3 Å². The van der Waals surface area contributed by atoms with Crippen LogP contribution in [0, 0.1) is 12.3 Å². The van der Waals surface area contributed by atoms with Crippen molar-refractivity contribution in [2.45, 2.75) is 13.8 Å². The lowest BCUT2D eigenvalue weighted by molar-refractivity contribution is -0.114. The van der Waals surface area contributed by atoms with E-state index in [1.165, 1.54) is 16.8 Å². The second kappa shape index (κ2) is 8.55. The molecule has 1 N–H and O–H groups in total. The van der Waals surface area contributed by atoms with Gasteiger partial charge in [0.05, 0.1) is 12.2 Å². The topological polar surface area (TPSA) is 83.0 Å². The standard InChI is InChI=1S/C25H21N5O2S/c1-3-32-19-12-10-17(11-13-19)29-14-6-8-18(29)15-21-22(26)30-25(27-23(21)31)33-24(28-30)20-9-5-4-7-16(20)2/h4-15,26H,3H2,1-2H3/b21-15+,26-22?. The molecule has 0 fully saturated rings. The number of ether oxygens (including phenoxy) is 1. The van der Waals surface area contributed by atoms with Crippen molar-refractivity contribution in [2.24, 2.45) is 10.1 Å². The molecule has 1 aromatic heterocycles. The van der Waals surface area contributed by atoms with Gasteiger partial charge in [0, 0.05) is 23.1 Å². The highest BCUT2D eigenvalue weighted by Gasteiger charge is 2.36. The third-order valence-electron chi connectivity index (χ3n) is 5.33. The predicted molar refractivity (Wildman–Crippen MR) is 132 cm³/mol. The number of nitrogens with one attached hydrogen (secondary N) is 1. The molecule has 2 aliphatic rings. The van der Waals surface area contributed by atoms with Crippen molar-refractivity contribution in [2.75, 3.05) is 6.61 Å². The zero-order valence-corrected chi connectivity index (χ0v) is 19.0. The Hall–Kier alpha value is -3.91. The second-order valence-corrected chi connectivity index (χ2v) is 8.43. The lowest BCUT2D eigenvalue weighted by Crippen LogP contribution is -2.35. The first kappa shape index (κ1) is 21.0. The first-order valence-corrected chi connectivity index (χ1v) is 11.3. The summed E-state index contributed by atoms with van der Waals surface area (Å²) in [7, 11) is 0. The van der Waals surface area contributed by atoms with Crippen LogP contribution in [0.1, 0.15) is 23.7 Å². The third-order valence-corrected chi connectivity index (χ3v) is 6.27. The fourth-order valence-electron chi connectivity index (χ4n) is 3.68. The van der Waals surface area contributed by atoms with Gasteiger partial charge in [0.15, 0.2) is 5.84 Å². The Kier molecular flexibility index (Phi) is 5.43. The molecule has 2 aromatic carbocycles. The quantitative estimate of drug-likeness (QED) is 0.558. The molecule has 0 unspecified atom stereocenters. The summed E-state index contributed by atoms with van der Waals surface area (Å²) in [6, 6.07) is 19.4. The molecule has 1 amide bonds. The predicted octanol–water partition coefficient (Wildman–Crippen LogP) is 4.85. The van der Waals surface area contributed by atoms with Crippen molar-refractivity contribution < 1.29 is 9.53 Å². The summed E-state index contributed by atoms with van der Waals surface area (Å²) in [6.45, 7) is 4.56. The second-order valence-electron chi connectivity index (χ2n) is 7.47. The molecule has 3 aromatic rings. The summed E-state index contributed by atoms with van der Waals surface area (Å²) >= 11 is 1.30. The van der Waals surface area contributed by atoms with E-state index in [2.05, 4.69) is 10.1 Å². The van der Waals surface area contributed by atoms with Gasteiger partial charge in [0.2, 0.25) is 5.17 Å². The third kappa shape index (κ3) is 3.89. The van der Waals surface area contributed by atoms with E-state index < -0.39 is 5.91 Å². The number of benzene rings is 2. The van der Waals surface area contributed by atoms with Gasteiger partial charge in [-0.3, -0.25) is 10.2 Å². The number of amidine groups is 2. The molecular weight excluding hydrogens is 434 g/mol. The van der Waals surface area contributed by atoms with Crippen LogP contribution in [0.25, 0.3) is 11.8 Å². The van der Waals surface area contributed by atoms with Crippen molar-refractivity contribution in [1.29, 1.82) is 5.41 Å². The SMILES string of the molecule is CCOc1ccc(-n2cccc2/C=C2\C(=N)N3N=C(c4ccccc4C)SC3=NC2=O)cc1. The molecule has 0 saturated heterocycles. The van der Waals surface area contributed by atoms with Crippen molar-refractivity contribution >= 4 is 39.8 Å². The largest absolute Gasteiger partial charge is 0.494 e.